The Balaban J connectivity index is 1.68. The second-order valence-electron chi connectivity index (χ2n) is 6.45. The summed E-state index contributed by atoms with van der Waals surface area (Å²) in [5, 5.41) is 13.8. The molecule has 1 fully saturated rings. The van der Waals surface area contributed by atoms with Crippen molar-refractivity contribution in [3.05, 3.63) is 10.4 Å². The molecule has 25 heavy (non-hydrogen) atoms. The number of thioether (sulfide) groups is 1. The summed E-state index contributed by atoms with van der Waals surface area (Å²) in [4.78, 5) is 23.2. The summed E-state index contributed by atoms with van der Waals surface area (Å²) in [5.41, 5.74) is 6.47. The number of hydrogen-bond donors (Lipinski definition) is 2. The van der Waals surface area contributed by atoms with Crippen LogP contribution in [0.5, 0.6) is 0 Å². The van der Waals surface area contributed by atoms with Gasteiger partial charge in [-0.15, -0.1) is 11.3 Å². The summed E-state index contributed by atoms with van der Waals surface area (Å²) >= 11 is 2.84. The van der Waals surface area contributed by atoms with Gasteiger partial charge in [0.15, 0.2) is 5.16 Å². The van der Waals surface area contributed by atoms with Crippen LogP contribution >= 0.6 is 23.1 Å². The number of carbonyl (C=O) groups excluding carboxylic acids is 1. The molecule has 8 heteroatoms. The van der Waals surface area contributed by atoms with Crippen molar-refractivity contribution in [3.8, 4) is 6.07 Å². The molecule has 0 saturated heterocycles. The van der Waals surface area contributed by atoms with Crippen LogP contribution in [0, 0.1) is 25.2 Å². The summed E-state index contributed by atoms with van der Waals surface area (Å²) in [7, 11) is 0. The summed E-state index contributed by atoms with van der Waals surface area (Å²) in [6.07, 6.45) is 4.54. The topological polar surface area (TPSA) is 105 Å². The molecule has 1 saturated carbocycles. The Morgan fingerprint density at radius 1 is 1.36 bits per heavy atom. The van der Waals surface area contributed by atoms with Gasteiger partial charge in [-0.3, -0.25) is 4.79 Å². The third-order valence-corrected chi connectivity index (χ3v) is 6.62. The molecule has 0 radical (unpaired) electrons. The van der Waals surface area contributed by atoms with Crippen LogP contribution in [0.2, 0.25) is 0 Å². The Morgan fingerprint density at radius 3 is 2.76 bits per heavy atom. The number of anilines is 1. The van der Waals surface area contributed by atoms with Crippen LogP contribution in [0.4, 0.5) is 5.82 Å². The minimum absolute atomic E-state index is 0.158. The molecule has 0 bridgehead atoms. The maximum absolute atomic E-state index is 12.3. The largest absolute Gasteiger partial charge is 0.383 e. The number of thiophene rings is 1. The first kappa shape index (κ1) is 18.0. The van der Waals surface area contributed by atoms with Gasteiger partial charge >= 0.3 is 0 Å². The summed E-state index contributed by atoms with van der Waals surface area (Å²) in [6.45, 7) is 4.05. The molecular weight excluding hydrogens is 354 g/mol. The summed E-state index contributed by atoms with van der Waals surface area (Å²) < 4.78 is 0. The standard InChI is InChI=1S/C17H21N5OS2/c1-10-11(2)25-15-13(10)14(19)20-16(21-15)24-8-12(23)22-17(9-18)6-4-3-5-7-17/h3-8H2,1-2H3,(H,22,23)(H2,19,20,21). The van der Waals surface area contributed by atoms with E-state index in [9.17, 15) is 10.1 Å². The van der Waals surface area contributed by atoms with Crippen molar-refractivity contribution in [2.75, 3.05) is 11.5 Å². The normalized spacial score (nSPS) is 16.5. The van der Waals surface area contributed by atoms with Crippen molar-refractivity contribution < 1.29 is 4.79 Å². The van der Waals surface area contributed by atoms with Gasteiger partial charge in [-0.1, -0.05) is 31.0 Å². The SMILES string of the molecule is Cc1sc2nc(SCC(=O)NC3(C#N)CCCCC3)nc(N)c2c1C. The van der Waals surface area contributed by atoms with E-state index in [0.717, 1.165) is 47.9 Å². The molecule has 3 N–H and O–H groups in total. The van der Waals surface area contributed by atoms with Crippen molar-refractivity contribution in [3.63, 3.8) is 0 Å². The molecule has 6 nitrogen and oxygen atoms in total. The second kappa shape index (κ2) is 7.18. The van der Waals surface area contributed by atoms with E-state index in [-0.39, 0.29) is 11.7 Å². The zero-order valence-electron chi connectivity index (χ0n) is 14.4. The smallest absolute Gasteiger partial charge is 0.231 e. The highest BCUT2D eigenvalue weighted by Crippen LogP contribution is 2.33. The highest BCUT2D eigenvalue weighted by Gasteiger charge is 2.33. The molecular formula is C17H21N5OS2. The number of aromatic nitrogens is 2. The van der Waals surface area contributed by atoms with Gasteiger partial charge in [0.25, 0.3) is 0 Å². The Morgan fingerprint density at radius 2 is 2.08 bits per heavy atom. The first-order valence-electron chi connectivity index (χ1n) is 8.32. The van der Waals surface area contributed by atoms with E-state index in [0.29, 0.717) is 11.0 Å². The van der Waals surface area contributed by atoms with Crippen LogP contribution in [0.1, 0.15) is 42.5 Å². The van der Waals surface area contributed by atoms with Crippen molar-refractivity contribution in [2.24, 2.45) is 0 Å². The molecule has 2 aromatic rings. The van der Waals surface area contributed by atoms with Crippen molar-refractivity contribution in [2.45, 2.75) is 56.6 Å². The van der Waals surface area contributed by atoms with Crippen molar-refractivity contribution in [1.82, 2.24) is 15.3 Å². The number of nitrogens with zero attached hydrogens (tertiary/aromatic N) is 3. The maximum atomic E-state index is 12.3. The molecule has 0 aromatic carbocycles. The third-order valence-electron chi connectivity index (χ3n) is 4.67. The van der Waals surface area contributed by atoms with Crippen LogP contribution in [0.3, 0.4) is 0 Å². The van der Waals surface area contributed by atoms with Crippen LogP contribution in [0.25, 0.3) is 10.2 Å². The number of carbonyl (C=O) groups is 1. The lowest BCUT2D eigenvalue weighted by Crippen LogP contribution is -2.49. The molecule has 0 spiro atoms. The van der Waals surface area contributed by atoms with Crippen LogP contribution in [-0.2, 0) is 4.79 Å². The lowest BCUT2D eigenvalue weighted by Gasteiger charge is -2.31. The van der Waals surface area contributed by atoms with Gasteiger partial charge in [-0.25, -0.2) is 9.97 Å². The number of rotatable bonds is 4. The molecule has 0 unspecified atom stereocenters. The highest BCUT2D eigenvalue weighted by atomic mass is 32.2. The van der Waals surface area contributed by atoms with Crippen molar-refractivity contribution >= 4 is 45.0 Å². The van der Waals surface area contributed by atoms with Crippen LogP contribution in [0.15, 0.2) is 5.16 Å². The average Bonchev–Trinajstić information content (AvgIpc) is 2.88. The molecule has 132 valence electrons. The molecule has 1 aliphatic rings. The Kier molecular flexibility index (Phi) is 5.16. The summed E-state index contributed by atoms with van der Waals surface area (Å²) in [6, 6.07) is 2.30. The first-order valence-corrected chi connectivity index (χ1v) is 10.1. The number of nitrogens with two attached hydrogens (primary N) is 1. The van der Waals surface area contributed by atoms with E-state index < -0.39 is 5.54 Å². The number of hydrogen-bond acceptors (Lipinski definition) is 7. The van der Waals surface area contributed by atoms with E-state index in [2.05, 4.69) is 21.4 Å². The van der Waals surface area contributed by atoms with Gasteiger partial charge in [0, 0.05) is 4.88 Å². The number of nitriles is 1. The monoisotopic (exact) mass is 375 g/mol. The maximum Gasteiger partial charge on any atom is 0.231 e. The molecule has 2 aromatic heterocycles. The fraction of sp³-hybridized carbons (Fsp3) is 0.529. The highest BCUT2D eigenvalue weighted by molar-refractivity contribution is 7.99. The fourth-order valence-corrected chi connectivity index (χ4v) is 4.92. The molecule has 0 atom stereocenters. The third kappa shape index (κ3) is 3.72. The average molecular weight is 376 g/mol. The number of nitrogen functional groups attached to an aromatic ring is 1. The lowest BCUT2D eigenvalue weighted by molar-refractivity contribution is -0.120. The van der Waals surface area contributed by atoms with Gasteiger partial charge in [0.2, 0.25) is 5.91 Å². The number of nitrogens with one attached hydrogen (secondary N) is 1. The van der Waals surface area contributed by atoms with Gasteiger partial charge in [-0.05, 0) is 32.3 Å². The molecule has 1 aliphatic carbocycles. The number of fused-ring (bicyclic) bond motifs is 1. The van der Waals surface area contributed by atoms with Gasteiger partial charge in [0.1, 0.15) is 16.2 Å². The van der Waals surface area contributed by atoms with E-state index >= 15 is 0 Å². The molecule has 0 aliphatic heterocycles. The first-order chi connectivity index (χ1) is 11.9. The number of amides is 1. The van der Waals surface area contributed by atoms with Crippen molar-refractivity contribution in [1.29, 1.82) is 5.26 Å². The minimum atomic E-state index is -0.707. The molecule has 3 rings (SSSR count). The second-order valence-corrected chi connectivity index (χ2v) is 8.59. The van der Waals surface area contributed by atoms with Gasteiger partial charge < -0.3 is 11.1 Å². The van der Waals surface area contributed by atoms with Gasteiger partial charge in [-0.2, -0.15) is 5.26 Å². The lowest BCUT2D eigenvalue weighted by atomic mass is 9.83. The molecule has 1 amide bonds. The fourth-order valence-electron chi connectivity index (χ4n) is 3.18. The van der Waals surface area contributed by atoms with Crippen LogP contribution < -0.4 is 11.1 Å². The quantitative estimate of drug-likeness (QED) is 0.627. The minimum Gasteiger partial charge on any atom is -0.383 e. The van der Waals surface area contributed by atoms with E-state index in [1.807, 2.05) is 13.8 Å². The predicted molar refractivity (Wildman–Crippen MR) is 102 cm³/mol. The number of aryl methyl sites for hydroxylation is 2. The van der Waals surface area contributed by atoms with Crippen LogP contribution in [-0.4, -0.2) is 27.2 Å². The Hall–Kier alpha value is -1.85. The zero-order chi connectivity index (χ0) is 18.0. The van der Waals surface area contributed by atoms with Gasteiger partial charge in [0.05, 0.1) is 17.2 Å². The van der Waals surface area contributed by atoms with E-state index in [1.54, 1.807) is 11.3 Å². The molecule has 2 heterocycles. The Bertz CT molecular complexity index is 849. The summed E-state index contributed by atoms with van der Waals surface area (Å²) in [5.74, 6) is 0.474. The predicted octanol–water partition coefficient (Wildman–Crippen LogP) is 3.33. The Labute approximate surface area is 155 Å². The zero-order valence-corrected chi connectivity index (χ0v) is 16.0. The van der Waals surface area contributed by atoms with E-state index in [4.69, 9.17) is 5.73 Å². The van der Waals surface area contributed by atoms with E-state index in [1.165, 1.54) is 16.6 Å².